The Labute approximate surface area is 93.0 Å². The fourth-order valence-electron chi connectivity index (χ4n) is 1.04. The van der Waals surface area contributed by atoms with Gasteiger partial charge in [-0.1, -0.05) is 11.6 Å². The van der Waals surface area contributed by atoms with Gasteiger partial charge in [-0.05, 0) is 0 Å². The summed E-state index contributed by atoms with van der Waals surface area (Å²) in [6, 6.07) is 0. The first-order valence-electron chi connectivity index (χ1n) is 3.64. The van der Waals surface area contributed by atoms with Crippen LogP contribution in [0.3, 0.4) is 0 Å². The maximum Gasteiger partial charge on any atom is 0.302 e. The number of alkyl halides is 3. The molecule has 0 amide bonds. The lowest BCUT2D eigenvalue weighted by Gasteiger charge is -2.06. The normalized spacial score (nSPS) is 10.7. The highest BCUT2D eigenvalue weighted by atomic mass is 35.5. The van der Waals surface area contributed by atoms with Crippen LogP contribution in [0.15, 0.2) is 6.20 Å². The molecule has 1 aromatic rings. The molecular weight excluding hydrogens is 253 g/mol. The Morgan fingerprint density at radius 2 is 2.20 bits per heavy atom. The lowest BCUT2D eigenvalue weighted by molar-refractivity contribution is -0.387. The van der Waals surface area contributed by atoms with Crippen molar-refractivity contribution in [2.24, 2.45) is 0 Å². The maximum absolute atomic E-state index is 12.5. The smallest absolute Gasteiger partial charge is 0.258 e. The van der Waals surface area contributed by atoms with Crippen LogP contribution in [0.1, 0.15) is 17.7 Å². The van der Waals surface area contributed by atoms with Crippen LogP contribution in [0, 0.1) is 10.1 Å². The van der Waals surface area contributed by atoms with Crippen LogP contribution >= 0.6 is 23.2 Å². The van der Waals surface area contributed by atoms with Gasteiger partial charge in [0.1, 0.15) is 11.3 Å². The molecule has 0 spiro atoms. The van der Waals surface area contributed by atoms with Crippen molar-refractivity contribution < 1.29 is 13.7 Å². The Hall–Kier alpha value is -1.01. The number of nitrogens with zero attached hydrogens (tertiary/aromatic N) is 2. The largest absolute Gasteiger partial charge is 0.302 e. The van der Waals surface area contributed by atoms with E-state index in [2.05, 4.69) is 4.98 Å². The van der Waals surface area contributed by atoms with Crippen molar-refractivity contribution in [2.75, 3.05) is 0 Å². The van der Waals surface area contributed by atoms with Crippen LogP contribution in [0.4, 0.5) is 14.5 Å². The number of hydrogen-bond donors (Lipinski definition) is 0. The van der Waals surface area contributed by atoms with Gasteiger partial charge in [-0.25, -0.2) is 8.78 Å². The summed E-state index contributed by atoms with van der Waals surface area (Å²) in [5.74, 6) is -0.326. The summed E-state index contributed by atoms with van der Waals surface area (Å²) in [5.41, 5.74) is -1.87. The number of rotatable bonds is 3. The predicted molar refractivity (Wildman–Crippen MR) is 50.4 cm³/mol. The maximum atomic E-state index is 12.5. The van der Waals surface area contributed by atoms with Crippen molar-refractivity contribution in [3.8, 4) is 0 Å². The highest BCUT2D eigenvalue weighted by Crippen LogP contribution is 2.36. The van der Waals surface area contributed by atoms with Crippen molar-refractivity contribution in [2.45, 2.75) is 12.3 Å². The van der Waals surface area contributed by atoms with Crippen LogP contribution in [-0.2, 0) is 5.88 Å². The molecule has 0 saturated carbocycles. The van der Waals surface area contributed by atoms with Crippen LogP contribution in [0.2, 0.25) is 5.02 Å². The molecule has 1 aromatic heterocycles. The summed E-state index contributed by atoms with van der Waals surface area (Å²) in [6.45, 7) is 0. The van der Waals surface area contributed by atoms with Gasteiger partial charge in [-0.15, -0.1) is 11.6 Å². The van der Waals surface area contributed by atoms with Crippen LogP contribution in [-0.4, -0.2) is 9.91 Å². The van der Waals surface area contributed by atoms with E-state index in [0.717, 1.165) is 6.20 Å². The van der Waals surface area contributed by atoms with E-state index in [1.165, 1.54) is 0 Å². The van der Waals surface area contributed by atoms with E-state index in [1.54, 1.807) is 0 Å². The van der Waals surface area contributed by atoms with Crippen molar-refractivity contribution in [1.82, 2.24) is 4.98 Å². The van der Waals surface area contributed by atoms with E-state index in [9.17, 15) is 18.9 Å². The molecule has 8 heteroatoms. The van der Waals surface area contributed by atoms with E-state index in [0.29, 0.717) is 0 Å². The van der Waals surface area contributed by atoms with Crippen molar-refractivity contribution in [1.29, 1.82) is 0 Å². The molecule has 0 bridgehead atoms. The topological polar surface area (TPSA) is 56.0 Å². The van der Waals surface area contributed by atoms with Gasteiger partial charge in [0, 0.05) is 6.20 Å². The van der Waals surface area contributed by atoms with Gasteiger partial charge in [0.25, 0.3) is 6.43 Å². The summed E-state index contributed by atoms with van der Waals surface area (Å²) >= 11 is 10.8. The molecule has 82 valence electrons. The molecule has 4 nitrogen and oxygen atoms in total. The van der Waals surface area contributed by atoms with E-state index in [1.807, 2.05) is 0 Å². The monoisotopic (exact) mass is 256 g/mol. The number of pyridine rings is 1. The quantitative estimate of drug-likeness (QED) is 0.474. The molecule has 0 fully saturated rings. The highest BCUT2D eigenvalue weighted by molar-refractivity contribution is 6.31. The Kier molecular flexibility index (Phi) is 3.76. The summed E-state index contributed by atoms with van der Waals surface area (Å²) in [4.78, 5) is 13.1. The van der Waals surface area contributed by atoms with Gasteiger partial charge in [0.2, 0.25) is 0 Å². The second-order valence-corrected chi connectivity index (χ2v) is 3.18. The summed E-state index contributed by atoms with van der Waals surface area (Å²) in [7, 11) is 0. The van der Waals surface area contributed by atoms with Gasteiger partial charge in [-0.3, -0.25) is 15.1 Å². The molecule has 0 atom stereocenters. The fourth-order valence-corrected chi connectivity index (χ4v) is 1.46. The lowest BCUT2D eigenvalue weighted by atomic mass is 10.2. The zero-order chi connectivity index (χ0) is 11.6. The van der Waals surface area contributed by atoms with Crippen molar-refractivity contribution >= 4 is 28.9 Å². The van der Waals surface area contributed by atoms with Crippen molar-refractivity contribution in [3.63, 3.8) is 0 Å². The average molecular weight is 257 g/mol. The highest BCUT2D eigenvalue weighted by Gasteiger charge is 2.29. The van der Waals surface area contributed by atoms with Gasteiger partial charge in [0.15, 0.2) is 0 Å². The molecular formula is C7H4Cl2F2N2O2. The molecule has 0 saturated heterocycles. The standard InChI is InChI=1S/C7H4Cl2F2N2O2/c8-1-4-6(13(14)15)5(7(10)11)3(9)2-12-4/h2,7H,1H2. The Bertz CT molecular complexity index is 401. The minimum Gasteiger partial charge on any atom is -0.258 e. The van der Waals surface area contributed by atoms with Gasteiger partial charge in [0.05, 0.1) is 15.8 Å². The Balaban J connectivity index is 3.51. The average Bonchev–Trinajstić information content (AvgIpc) is 2.16. The molecule has 1 rings (SSSR count). The first-order chi connectivity index (χ1) is 6.99. The van der Waals surface area contributed by atoms with Crippen LogP contribution < -0.4 is 0 Å². The van der Waals surface area contributed by atoms with E-state index < -0.39 is 27.6 Å². The zero-order valence-corrected chi connectivity index (χ0v) is 8.60. The number of halogens is 4. The summed E-state index contributed by atoms with van der Waals surface area (Å²) < 4.78 is 25.0. The summed E-state index contributed by atoms with van der Waals surface area (Å²) in [6.07, 6.45) is -2.11. The SMILES string of the molecule is O=[N+]([O-])c1c(CCl)ncc(Cl)c1C(F)F. The molecule has 0 aliphatic heterocycles. The molecule has 0 N–H and O–H groups in total. The molecule has 0 unspecified atom stereocenters. The number of aromatic nitrogens is 1. The third-order valence-corrected chi connectivity index (χ3v) is 2.20. The lowest BCUT2D eigenvalue weighted by Crippen LogP contribution is -2.03. The zero-order valence-electron chi connectivity index (χ0n) is 7.08. The van der Waals surface area contributed by atoms with Gasteiger partial charge < -0.3 is 0 Å². The van der Waals surface area contributed by atoms with E-state index in [4.69, 9.17) is 23.2 Å². The van der Waals surface area contributed by atoms with Crippen LogP contribution in [0.25, 0.3) is 0 Å². The predicted octanol–water partition coefficient (Wildman–Crippen LogP) is 3.32. The van der Waals surface area contributed by atoms with E-state index >= 15 is 0 Å². The molecule has 0 aliphatic rings. The second-order valence-electron chi connectivity index (χ2n) is 2.51. The summed E-state index contributed by atoms with van der Waals surface area (Å²) in [5, 5.41) is 10.1. The van der Waals surface area contributed by atoms with Crippen molar-refractivity contribution in [3.05, 3.63) is 32.6 Å². The molecule has 15 heavy (non-hydrogen) atoms. The third-order valence-electron chi connectivity index (χ3n) is 1.65. The Morgan fingerprint density at radius 1 is 1.60 bits per heavy atom. The second kappa shape index (κ2) is 4.67. The molecule has 0 radical (unpaired) electrons. The molecule has 0 aliphatic carbocycles. The minimum atomic E-state index is -3.04. The Morgan fingerprint density at radius 3 is 2.60 bits per heavy atom. The van der Waals surface area contributed by atoms with Crippen LogP contribution in [0.5, 0.6) is 0 Å². The van der Waals surface area contributed by atoms with Gasteiger partial charge in [-0.2, -0.15) is 0 Å². The first kappa shape index (κ1) is 12.1. The minimum absolute atomic E-state index is 0.221. The number of nitro groups is 1. The van der Waals surface area contributed by atoms with Gasteiger partial charge >= 0.3 is 5.69 Å². The number of hydrogen-bond acceptors (Lipinski definition) is 3. The molecule has 1 heterocycles. The van der Waals surface area contributed by atoms with E-state index in [-0.39, 0.29) is 11.6 Å². The molecule has 0 aromatic carbocycles. The third kappa shape index (κ3) is 2.32. The fraction of sp³-hybridized carbons (Fsp3) is 0.286. The first-order valence-corrected chi connectivity index (χ1v) is 4.56.